The molecule has 1 aromatic heterocycles. The van der Waals surface area contributed by atoms with Crippen LogP contribution in [0.4, 0.5) is 0 Å². The molecule has 0 spiro atoms. The average molecular weight is 430 g/mol. The van der Waals surface area contributed by atoms with Crippen LogP contribution in [0.1, 0.15) is 57.4 Å². The van der Waals surface area contributed by atoms with Crippen LogP contribution in [-0.4, -0.2) is 26.9 Å². The fourth-order valence-electron chi connectivity index (χ4n) is 7.12. The molecule has 0 saturated heterocycles. The van der Waals surface area contributed by atoms with Crippen LogP contribution in [0.5, 0.6) is 0 Å². The first kappa shape index (κ1) is 20.2. The number of aromatic amines is 1. The molecule has 4 aliphatic rings. The van der Waals surface area contributed by atoms with Crippen molar-refractivity contribution in [2.75, 3.05) is 0 Å². The number of hydrogen-bond donors (Lipinski definition) is 3. The van der Waals surface area contributed by atoms with Gasteiger partial charge in [0.15, 0.2) is 0 Å². The Morgan fingerprint density at radius 1 is 1.12 bits per heavy atom. The summed E-state index contributed by atoms with van der Waals surface area (Å²) < 4.78 is 0. The van der Waals surface area contributed by atoms with Crippen molar-refractivity contribution in [3.63, 3.8) is 0 Å². The Hall–Kier alpha value is -2.43. The van der Waals surface area contributed by atoms with E-state index in [4.69, 9.17) is 0 Å². The Bertz CT molecular complexity index is 1250. The summed E-state index contributed by atoms with van der Waals surface area (Å²) in [5.41, 5.74) is 3.83. The van der Waals surface area contributed by atoms with E-state index in [9.17, 15) is 15.0 Å². The maximum absolute atomic E-state index is 12.1. The minimum atomic E-state index is -0.825. The fourth-order valence-corrected chi connectivity index (χ4v) is 7.12. The minimum Gasteiger partial charge on any atom is -0.393 e. The van der Waals surface area contributed by atoms with E-state index in [1.54, 1.807) is 6.20 Å². The molecule has 0 amide bonds. The number of benzene rings is 1. The molecule has 1 fully saturated rings. The second-order valence-corrected chi connectivity index (χ2v) is 10.6. The van der Waals surface area contributed by atoms with E-state index in [0.29, 0.717) is 11.3 Å². The standard InChI is InChI=1S/C28H31NO3/c1-27-11-9-21-15-20-16-22(30)4-2-17(20)8-12-28(21,32)25(27)7-6-24(27)19-3-5-23-18(14-19)10-13-29-26(23)31/h3,5-6,9-10,13-15,17,22,25,30,32H,2,4,7-8,11-12,16H2,1H3,(H,29,31)/t17?,22?,25?,27?,28-/m1/s1. The summed E-state index contributed by atoms with van der Waals surface area (Å²) in [6.07, 6.45) is 14.5. The van der Waals surface area contributed by atoms with Gasteiger partial charge in [0.05, 0.1) is 11.7 Å². The van der Waals surface area contributed by atoms with Gasteiger partial charge < -0.3 is 15.2 Å². The van der Waals surface area contributed by atoms with Gasteiger partial charge in [-0.1, -0.05) is 36.8 Å². The van der Waals surface area contributed by atoms with Crippen molar-refractivity contribution >= 4 is 16.3 Å². The normalized spacial score (nSPS) is 36.3. The van der Waals surface area contributed by atoms with Crippen LogP contribution in [-0.2, 0) is 0 Å². The molecule has 3 N–H and O–H groups in total. The Morgan fingerprint density at radius 3 is 2.88 bits per heavy atom. The van der Waals surface area contributed by atoms with Gasteiger partial charge >= 0.3 is 0 Å². The molecule has 1 aromatic carbocycles. The molecule has 166 valence electrons. The molecular weight excluding hydrogens is 398 g/mol. The average Bonchev–Trinajstić information content (AvgIpc) is 3.06. The molecule has 0 radical (unpaired) electrons. The zero-order valence-electron chi connectivity index (χ0n) is 18.6. The van der Waals surface area contributed by atoms with Crippen molar-refractivity contribution in [1.29, 1.82) is 0 Å². The largest absolute Gasteiger partial charge is 0.393 e. The van der Waals surface area contributed by atoms with Crippen molar-refractivity contribution in [3.8, 4) is 0 Å². The molecule has 0 bridgehead atoms. The highest BCUT2D eigenvalue weighted by Gasteiger charge is 2.55. The molecular formula is C28H31NO3. The van der Waals surface area contributed by atoms with E-state index in [0.717, 1.165) is 61.5 Å². The predicted octanol–water partition coefficient (Wildman–Crippen LogP) is 4.88. The van der Waals surface area contributed by atoms with Crippen molar-refractivity contribution in [1.82, 2.24) is 4.98 Å². The number of fused-ring (bicyclic) bond motifs is 5. The van der Waals surface area contributed by atoms with E-state index in [2.05, 4.69) is 42.3 Å². The number of hydrogen-bond acceptors (Lipinski definition) is 3. The lowest BCUT2D eigenvalue weighted by Gasteiger charge is -2.48. The Kier molecular flexibility index (Phi) is 4.44. The highest BCUT2D eigenvalue weighted by Crippen LogP contribution is 2.61. The van der Waals surface area contributed by atoms with E-state index in [1.807, 2.05) is 12.1 Å². The lowest BCUT2D eigenvalue weighted by atomic mass is 9.58. The molecule has 1 heterocycles. The molecule has 0 aliphatic heterocycles. The van der Waals surface area contributed by atoms with Crippen molar-refractivity contribution < 1.29 is 10.2 Å². The van der Waals surface area contributed by atoms with Crippen LogP contribution in [0.25, 0.3) is 16.3 Å². The number of allylic oxidation sites excluding steroid dienone is 3. The van der Waals surface area contributed by atoms with Gasteiger partial charge in [-0.3, -0.25) is 4.79 Å². The number of aromatic nitrogens is 1. The summed E-state index contributed by atoms with van der Waals surface area (Å²) in [5.74, 6) is 0.634. The molecule has 6 rings (SSSR count). The third kappa shape index (κ3) is 2.85. The summed E-state index contributed by atoms with van der Waals surface area (Å²) in [5, 5.41) is 24.0. The molecule has 4 aliphatic carbocycles. The van der Waals surface area contributed by atoms with Gasteiger partial charge in [-0.05, 0) is 91.2 Å². The Labute approximate surface area is 188 Å². The number of H-pyrrole nitrogens is 1. The maximum atomic E-state index is 12.1. The SMILES string of the molecule is CC12CC=C3C=C4CC(O)CCC4CC[C@]3(O)C1CC=C2c1ccc2c(=O)[nH]ccc2c1. The van der Waals surface area contributed by atoms with Crippen molar-refractivity contribution in [2.24, 2.45) is 17.3 Å². The second-order valence-electron chi connectivity index (χ2n) is 10.6. The van der Waals surface area contributed by atoms with Crippen LogP contribution in [0, 0.1) is 17.3 Å². The summed E-state index contributed by atoms with van der Waals surface area (Å²) in [6.45, 7) is 2.30. The molecule has 1 saturated carbocycles. The molecule has 2 aromatic rings. The van der Waals surface area contributed by atoms with Crippen LogP contribution in [0.3, 0.4) is 0 Å². The quantitative estimate of drug-likeness (QED) is 0.605. The number of aliphatic hydroxyl groups excluding tert-OH is 1. The van der Waals surface area contributed by atoms with Crippen molar-refractivity contribution in [2.45, 2.75) is 63.6 Å². The molecule has 4 heteroatoms. The van der Waals surface area contributed by atoms with Gasteiger partial charge in [-0.25, -0.2) is 0 Å². The van der Waals surface area contributed by atoms with Gasteiger partial charge in [-0.2, -0.15) is 0 Å². The van der Waals surface area contributed by atoms with E-state index in [-0.39, 0.29) is 23.0 Å². The zero-order valence-corrected chi connectivity index (χ0v) is 18.6. The monoisotopic (exact) mass is 429 g/mol. The number of aliphatic hydroxyl groups is 2. The molecule has 4 unspecified atom stereocenters. The first-order valence-electron chi connectivity index (χ1n) is 12.0. The third-order valence-corrected chi connectivity index (χ3v) is 8.91. The van der Waals surface area contributed by atoms with Crippen LogP contribution in [0.2, 0.25) is 0 Å². The Morgan fingerprint density at radius 2 is 2.00 bits per heavy atom. The molecule has 32 heavy (non-hydrogen) atoms. The topological polar surface area (TPSA) is 73.3 Å². The van der Waals surface area contributed by atoms with Crippen molar-refractivity contribution in [3.05, 3.63) is 75.8 Å². The maximum Gasteiger partial charge on any atom is 0.255 e. The van der Waals surface area contributed by atoms with Gasteiger partial charge in [0.1, 0.15) is 0 Å². The van der Waals surface area contributed by atoms with Gasteiger partial charge in [0.2, 0.25) is 0 Å². The number of rotatable bonds is 1. The third-order valence-electron chi connectivity index (χ3n) is 8.91. The first-order valence-corrected chi connectivity index (χ1v) is 12.0. The minimum absolute atomic E-state index is 0.0591. The summed E-state index contributed by atoms with van der Waals surface area (Å²) in [6, 6.07) is 8.06. The van der Waals surface area contributed by atoms with Crippen LogP contribution < -0.4 is 5.56 Å². The van der Waals surface area contributed by atoms with Gasteiger partial charge in [-0.15, -0.1) is 0 Å². The predicted molar refractivity (Wildman–Crippen MR) is 127 cm³/mol. The number of pyridine rings is 1. The van der Waals surface area contributed by atoms with Crippen LogP contribution in [0.15, 0.2) is 64.6 Å². The van der Waals surface area contributed by atoms with Gasteiger partial charge in [0.25, 0.3) is 5.56 Å². The second kappa shape index (κ2) is 7.03. The van der Waals surface area contributed by atoms with Gasteiger partial charge in [0, 0.05) is 22.9 Å². The number of nitrogens with one attached hydrogen (secondary N) is 1. The Balaban J connectivity index is 1.39. The van der Waals surface area contributed by atoms with Crippen LogP contribution >= 0.6 is 0 Å². The smallest absolute Gasteiger partial charge is 0.255 e. The summed E-state index contributed by atoms with van der Waals surface area (Å²) >= 11 is 0. The highest BCUT2D eigenvalue weighted by atomic mass is 16.3. The van der Waals surface area contributed by atoms with E-state index >= 15 is 0 Å². The molecule has 5 atom stereocenters. The van der Waals surface area contributed by atoms with E-state index < -0.39 is 5.60 Å². The summed E-state index contributed by atoms with van der Waals surface area (Å²) in [4.78, 5) is 14.9. The molecule has 4 nitrogen and oxygen atoms in total. The first-order chi connectivity index (χ1) is 15.4. The summed E-state index contributed by atoms with van der Waals surface area (Å²) in [7, 11) is 0. The lowest BCUT2D eigenvalue weighted by molar-refractivity contribution is -0.0330. The fraction of sp³-hybridized carbons (Fsp3) is 0.464. The highest BCUT2D eigenvalue weighted by molar-refractivity contribution is 5.87. The zero-order chi connectivity index (χ0) is 22.1. The van der Waals surface area contributed by atoms with E-state index in [1.165, 1.54) is 11.1 Å². The lowest BCUT2D eigenvalue weighted by Crippen LogP contribution is -2.48.